The molecule has 0 radical (unpaired) electrons. The summed E-state index contributed by atoms with van der Waals surface area (Å²) >= 11 is 0. The second kappa shape index (κ2) is 8.87. The van der Waals surface area contributed by atoms with E-state index in [-0.39, 0.29) is 6.04 Å². The molecule has 0 aliphatic carbocycles. The number of carbonyl (C=O) groups excluding carboxylic acids is 2. The van der Waals surface area contributed by atoms with Gasteiger partial charge in [0.2, 0.25) is 0 Å². The fraction of sp³-hybridized carbons (Fsp3) is 0.300. The summed E-state index contributed by atoms with van der Waals surface area (Å²) in [5.74, 6) is -1.29. The second-order valence-electron chi connectivity index (χ2n) is 5.86. The molecule has 0 saturated carbocycles. The highest BCUT2D eigenvalue weighted by Gasteiger charge is 2.17. The quantitative estimate of drug-likeness (QED) is 0.793. The minimum atomic E-state index is -0.654. The summed E-state index contributed by atoms with van der Waals surface area (Å²) in [5, 5.41) is 5.34. The van der Waals surface area contributed by atoms with Crippen LogP contribution in [0.3, 0.4) is 0 Å². The van der Waals surface area contributed by atoms with E-state index < -0.39 is 11.8 Å². The normalized spacial score (nSPS) is 11.6. The van der Waals surface area contributed by atoms with Crippen molar-refractivity contribution in [2.24, 2.45) is 0 Å². The maximum absolute atomic E-state index is 12.0. The third kappa shape index (κ3) is 5.23. The molecule has 0 saturated heterocycles. The number of nitrogens with one attached hydrogen (secondary N) is 2. The monoisotopic (exact) mass is 324 g/mol. The summed E-state index contributed by atoms with van der Waals surface area (Å²) in [6.45, 7) is 4.01. The number of rotatable bonds is 6. The van der Waals surface area contributed by atoms with E-state index in [2.05, 4.69) is 17.6 Å². The molecule has 2 amide bonds. The molecule has 0 heterocycles. The molecule has 4 heteroatoms. The molecule has 0 unspecified atom stereocenters. The zero-order chi connectivity index (χ0) is 17.4. The van der Waals surface area contributed by atoms with Gasteiger partial charge in [0.25, 0.3) is 0 Å². The van der Waals surface area contributed by atoms with Crippen molar-refractivity contribution < 1.29 is 9.59 Å². The molecule has 2 N–H and O–H groups in total. The average Bonchev–Trinajstić information content (AvgIpc) is 2.61. The molecule has 126 valence electrons. The predicted octanol–water partition coefficient (Wildman–Crippen LogP) is 3.85. The van der Waals surface area contributed by atoms with Gasteiger partial charge in [-0.25, -0.2) is 0 Å². The van der Waals surface area contributed by atoms with Gasteiger partial charge in [0.05, 0.1) is 6.04 Å². The molecule has 2 rings (SSSR count). The van der Waals surface area contributed by atoms with Crippen molar-refractivity contribution in [2.45, 2.75) is 39.2 Å². The van der Waals surface area contributed by atoms with Crippen LogP contribution in [0.2, 0.25) is 0 Å². The third-order valence-corrected chi connectivity index (χ3v) is 3.88. The van der Waals surface area contributed by atoms with Gasteiger partial charge < -0.3 is 10.6 Å². The zero-order valence-corrected chi connectivity index (χ0v) is 14.2. The molecule has 0 aliphatic rings. The zero-order valence-electron chi connectivity index (χ0n) is 14.2. The number of hydrogen-bond acceptors (Lipinski definition) is 2. The van der Waals surface area contributed by atoms with Gasteiger partial charge in [-0.3, -0.25) is 9.59 Å². The van der Waals surface area contributed by atoms with Crippen molar-refractivity contribution >= 4 is 17.5 Å². The van der Waals surface area contributed by atoms with Gasteiger partial charge in [-0.15, -0.1) is 0 Å². The number of carbonyl (C=O) groups is 2. The Labute approximate surface area is 143 Å². The van der Waals surface area contributed by atoms with Gasteiger partial charge in [0.1, 0.15) is 0 Å². The fourth-order valence-corrected chi connectivity index (χ4v) is 2.41. The van der Waals surface area contributed by atoms with E-state index in [0.29, 0.717) is 5.69 Å². The SMILES string of the molecule is CCCCc1ccc(NC(=O)C(=O)N[C@H](C)c2ccccc2)cc1. The standard InChI is InChI=1S/C20H24N2O2/c1-3-4-8-16-11-13-18(14-12-16)22-20(24)19(23)21-15(2)17-9-6-5-7-10-17/h5-7,9-15H,3-4,8H2,1-2H3,(H,21,23)(H,22,24)/t15-/m1/s1. The van der Waals surface area contributed by atoms with Gasteiger partial charge in [-0.1, -0.05) is 55.8 Å². The van der Waals surface area contributed by atoms with E-state index in [1.54, 1.807) is 0 Å². The van der Waals surface area contributed by atoms with Crippen molar-refractivity contribution in [1.82, 2.24) is 5.32 Å². The topological polar surface area (TPSA) is 58.2 Å². The van der Waals surface area contributed by atoms with E-state index in [4.69, 9.17) is 0 Å². The molecule has 0 bridgehead atoms. The minimum Gasteiger partial charge on any atom is -0.341 e. The number of amides is 2. The number of aryl methyl sites for hydroxylation is 1. The van der Waals surface area contributed by atoms with Crippen LogP contribution in [-0.2, 0) is 16.0 Å². The first-order valence-corrected chi connectivity index (χ1v) is 8.36. The first kappa shape index (κ1) is 17.7. The molecule has 1 atom stereocenters. The average molecular weight is 324 g/mol. The van der Waals surface area contributed by atoms with Crippen LogP contribution in [0, 0.1) is 0 Å². The molecular formula is C20H24N2O2. The van der Waals surface area contributed by atoms with Crippen LogP contribution in [-0.4, -0.2) is 11.8 Å². The molecule has 0 spiro atoms. The molecule has 0 aromatic heterocycles. The maximum Gasteiger partial charge on any atom is 0.313 e. The molecule has 4 nitrogen and oxygen atoms in total. The van der Waals surface area contributed by atoms with Gasteiger partial charge in [0, 0.05) is 5.69 Å². The Kier molecular flexibility index (Phi) is 6.55. The van der Waals surface area contributed by atoms with Crippen molar-refractivity contribution in [2.75, 3.05) is 5.32 Å². The Balaban J connectivity index is 1.88. The fourth-order valence-electron chi connectivity index (χ4n) is 2.41. The Morgan fingerprint density at radius 1 is 0.958 bits per heavy atom. The van der Waals surface area contributed by atoms with Crippen LogP contribution in [0.5, 0.6) is 0 Å². The third-order valence-electron chi connectivity index (χ3n) is 3.88. The highest BCUT2D eigenvalue weighted by Crippen LogP contribution is 2.13. The van der Waals surface area contributed by atoms with Crippen molar-refractivity contribution in [3.63, 3.8) is 0 Å². The van der Waals surface area contributed by atoms with Crippen LogP contribution in [0.4, 0.5) is 5.69 Å². The van der Waals surface area contributed by atoms with Crippen LogP contribution in [0.25, 0.3) is 0 Å². The smallest absolute Gasteiger partial charge is 0.313 e. The Hall–Kier alpha value is -2.62. The van der Waals surface area contributed by atoms with Gasteiger partial charge >= 0.3 is 11.8 Å². The summed E-state index contributed by atoms with van der Waals surface area (Å²) < 4.78 is 0. The number of benzene rings is 2. The molecule has 2 aromatic rings. The predicted molar refractivity (Wildman–Crippen MR) is 96.7 cm³/mol. The second-order valence-corrected chi connectivity index (χ2v) is 5.86. The minimum absolute atomic E-state index is 0.221. The number of anilines is 1. The van der Waals surface area contributed by atoms with E-state index in [9.17, 15) is 9.59 Å². The lowest BCUT2D eigenvalue weighted by molar-refractivity contribution is -0.136. The summed E-state index contributed by atoms with van der Waals surface area (Å²) in [5.41, 5.74) is 2.82. The molecular weight excluding hydrogens is 300 g/mol. The Bertz CT molecular complexity index is 666. The number of hydrogen-bond donors (Lipinski definition) is 2. The van der Waals surface area contributed by atoms with E-state index in [1.165, 1.54) is 5.56 Å². The molecule has 0 aliphatic heterocycles. The largest absolute Gasteiger partial charge is 0.341 e. The highest BCUT2D eigenvalue weighted by atomic mass is 16.2. The van der Waals surface area contributed by atoms with Crippen LogP contribution < -0.4 is 10.6 Å². The lowest BCUT2D eigenvalue weighted by Gasteiger charge is -2.14. The van der Waals surface area contributed by atoms with Gasteiger partial charge in [-0.2, -0.15) is 0 Å². The summed E-state index contributed by atoms with van der Waals surface area (Å²) in [6.07, 6.45) is 3.32. The van der Waals surface area contributed by atoms with Crippen molar-refractivity contribution in [3.05, 3.63) is 65.7 Å². The van der Waals surface area contributed by atoms with E-state index >= 15 is 0 Å². The van der Waals surface area contributed by atoms with Crippen molar-refractivity contribution in [1.29, 1.82) is 0 Å². The van der Waals surface area contributed by atoms with Crippen LogP contribution in [0.1, 0.15) is 43.9 Å². The first-order chi connectivity index (χ1) is 11.6. The van der Waals surface area contributed by atoms with Crippen LogP contribution >= 0.6 is 0 Å². The Morgan fingerprint density at radius 2 is 1.62 bits per heavy atom. The van der Waals surface area contributed by atoms with E-state index in [0.717, 1.165) is 24.8 Å². The summed E-state index contributed by atoms with van der Waals surface area (Å²) in [7, 11) is 0. The lowest BCUT2D eigenvalue weighted by Crippen LogP contribution is -2.36. The van der Waals surface area contributed by atoms with Gasteiger partial charge in [0.15, 0.2) is 0 Å². The molecule has 0 fully saturated rings. The Morgan fingerprint density at radius 3 is 2.25 bits per heavy atom. The first-order valence-electron chi connectivity index (χ1n) is 8.36. The van der Waals surface area contributed by atoms with Gasteiger partial charge in [-0.05, 0) is 43.0 Å². The molecule has 24 heavy (non-hydrogen) atoms. The van der Waals surface area contributed by atoms with Crippen molar-refractivity contribution in [3.8, 4) is 0 Å². The van der Waals surface area contributed by atoms with E-state index in [1.807, 2.05) is 61.5 Å². The highest BCUT2D eigenvalue weighted by molar-refractivity contribution is 6.39. The summed E-state index contributed by atoms with van der Waals surface area (Å²) in [6, 6.07) is 16.9. The number of unbranched alkanes of at least 4 members (excludes halogenated alkanes) is 1. The molecule has 2 aromatic carbocycles. The maximum atomic E-state index is 12.0. The van der Waals surface area contributed by atoms with Crippen LogP contribution in [0.15, 0.2) is 54.6 Å². The summed E-state index contributed by atoms with van der Waals surface area (Å²) in [4.78, 5) is 24.0. The lowest BCUT2D eigenvalue weighted by atomic mass is 10.1.